The fourth-order valence-electron chi connectivity index (χ4n) is 5.82. The minimum absolute atomic E-state index is 1.15. The molecule has 31 heavy (non-hydrogen) atoms. The first-order valence-corrected chi connectivity index (χ1v) is 14.9. The second-order valence-corrected chi connectivity index (χ2v) is 16.2. The number of benzene rings is 5. The zero-order chi connectivity index (χ0) is 20.4. The molecule has 144 valence electrons. The predicted octanol–water partition coefficient (Wildman–Crippen LogP) is 4.23. The monoisotopic (exact) mass is 455 g/mol. The van der Waals surface area contributed by atoms with Crippen molar-refractivity contribution in [2.45, 2.75) is 0 Å². The number of pyridine rings is 1. The number of nitrogens with zero attached hydrogens (tertiary/aromatic N) is 1. The summed E-state index contributed by atoms with van der Waals surface area (Å²) in [5, 5.41) is 6.71. The van der Waals surface area contributed by atoms with Crippen molar-refractivity contribution in [3.8, 4) is 0 Å². The Morgan fingerprint density at radius 1 is 0.452 bits per heavy atom. The van der Waals surface area contributed by atoms with E-state index in [2.05, 4.69) is 109 Å². The number of hydrogen-bond acceptors (Lipinski definition) is 1. The van der Waals surface area contributed by atoms with Crippen molar-refractivity contribution in [2.75, 3.05) is 0 Å². The zero-order valence-electron chi connectivity index (χ0n) is 16.9. The summed E-state index contributed by atoms with van der Waals surface area (Å²) < 4.78 is 6.01. The molecule has 6 aromatic rings. The van der Waals surface area contributed by atoms with E-state index >= 15 is 0 Å². The summed E-state index contributed by atoms with van der Waals surface area (Å²) in [5.41, 5.74) is 1.15. The molecular formula is C29H19GeN. The van der Waals surface area contributed by atoms with Crippen LogP contribution in [0.1, 0.15) is 0 Å². The van der Waals surface area contributed by atoms with Gasteiger partial charge in [-0.15, -0.1) is 0 Å². The molecule has 1 aliphatic rings. The summed E-state index contributed by atoms with van der Waals surface area (Å²) in [6.45, 7) is 0. The average molecular weight is 454 g/mol. The Morgan fingerprint density at radius 3 is 1.74 bits per heavy atom. The molecule has 0 aliphatic carbocycles. The van der Waals surface area contributed by atoms with Crippen molar-refractivity contribution in [3.05, 3.63) is 115 Å². The fourth-order valence-corrected chi connectivity index (χ4v) is 16.7. The van der Waals surface area contributed by atoms with E-state index in [-0.39, 0.29) is 0 Å². The Hall–Kier alpha value is -3.43. The molecule has 0 saturated heterocycles. The van der Waals surface area contributed by atoms with E-state index in [0.29, 0.717) is 0 Å². The molecule has 0 spiro atoms. The standard InChI is InChI=1S/C29H19GeN/c1-3-10-20(11-4-1)30(21-12-5-2-6-13-21)25-17-9-16-23-22-14-7-8-15-24(22)29-28(27(23)25)26(30)18-19-31-29/h1-19H. The third-order valence-corrected chi connectivity index (χ3v) is 17.1. The van der Waals surface area contributed by atoms with Gasteiger partial charge < -0.3 is 0 Å². The maximum absolute atomic E-state index is 4.94. The topological polar surface area (TPSA) is 12.9 Å². The molecule has 7 rings (SSSR count). The van der Waals surface area contributed by atoms with E-state index < -0.39 is 13.3 Å². The van der Waals surface area contributed by atoms with E-state index in [1.807, 2.05) is 6.20 Å². The molecule has 1 aromatic heterocycles. The first-order chi connectivity index (χ1) is 15.4. The normalized spacial score (nSPS) is 14.1. The maximum atomic E-state index is 4.94. The third kappa shape index (κ3) is 2.09. The molecule has 0 fully saturated rings. The van der Waals surface area contributed by atoms with Gasteiger partial charge in [0.1, 0.15) is 0 Å². The summed E-state index contributed by atoms with van der Waals surface area (Å²) in [7, 11) is 0. The van der Waals surface area contributed by atoms with Crippen LogP contribution >= 0.6 is 0 Å². The van der Waals surface area contributed by atoms with Crippen LogP contribution in [0.15, 0.2) is 115 Å². The Morgan fingerprint density at radius 2 is 1.03 bits per heavy atom. The molecule has 1 aliphatic heterocycles. The Bertz CT molecular complexity index is 1500. The Kier molecular flexibility index (Phi) is 3.50. The Balaban J connectivity index is 1.80. The average Bonchev–Trinajstić information content (AvgIpc) is 3.17. The van der Waals surface area contributed by atoms with Gasteiger partial charge >= 0.3 is 184 Å². The van der Waals surface area contributed by atoms with E-state index in [9.17, 15) is 0 Å². The van der Waals surface area contributed by atoms with Crippen LogP contribution in [0.3, 0.4) is 0 Å². The molecular weight excluding hydrogens is 435 g/mol. The molecule has 5 aromatic carbocycles. The van der Waals surface area contributed by atoms with Gasteiger partial charge in [0, 0.05) is 0 Å². The molecule has 2 heterocycles. The number of aromatic nitrogens is 1. The van der Waals surface area contributed by atoms with Crippen LogP contribution in [-0.2, 0) is 0 Å². The number of hydrogen-bond donors (Lipinski definition) is 0. The number of rotatable bonds is 2. The molecule has 0 N–H and O–H groups in total. The van der Waals surface area contributed by atoms with E-state index in [1.54, 1.807) is 0 Å². The first-order valence-electron chi connectivity index (χ1n) is 10.7. The summed E-state index contributed by atoms with van der Waals surface area (Å²) in [6.07, 6.45) is 2.04. The summed E-state index contributed by atoms with van der Waals surface area (Å²) in [6, 6.07) is 40.5. The third-order valence-electron chi connectivity index (χ3n) is 6.96. The predicted molar refractivity (Wildman–Crippen MR) is 134 cm³/mol. The first kappa shape index (κ1) is 17.3. The van der Waals surface area contributed by atoms with Gasteiger partial charge in [0.2, 0.25) is 0 Å². The van der Waals surface area contributed by atoms with Crippen molar-refractivity contribution in [2.24, 2.45) is 0 Å². The van der Waals surface area contributed by atoms with Crippen LogP contribution in [0, 0.1) is 0 Å². The molecule has 0 radical (unpaired) electrons. The molecule has 0 bridgehead atoms. The minimum atomic E-state index is -3.15. The van der Waals surface area contributed by atoms with Crippen LogP contribution in [0.4, 0.5) is 0 Å². The van der Waals surface area contributed by atoms with Gasteiger partial charge in [-0.1, -0.05) is 0 Å². The zero-order valence-corrected chi connectivity index (χ0v) is 19.0. The van der Waals surface area contributed by atoms with Gasteiger partial charge in [-0.25, -0.2) is 0 Å². The van der Waals surface area contributed by atoms with Crippen LogP contribution in [0.2, 0.25) is 0 Å². The van der Waals surface area contributed by atoms with E-state index in [4.69, 9.17) is 4.98 Å². The Labute approximate surface area is 183 Å². The van der Waals surface area contributed by atoms with Crippen LogP contribution in [0.25, 0.3) is 32.4 Å². The van der Waals surface area contributed by atoms with Crippen molar-refractivity contribution in [1.29, 1.82) is 0 Å². The van der Waals surface area contributed by atoms with Crippen molar-refractivity contribution in [3.63, 3.8) is 0 Å². The van der Waals surface area contributed by atoms with E-state index in [1.165, 1.54) is 44.5 Å². The van der Waals surface area contributed by atoms with Crippen LogP contribution < -0.4 is 17.6 Å². The summed E-state index contributed by atoms with van der Waals surface area (Å²) in [4.78, 5) is 4.94. The number of fused-ring (bicyclic) bond motifs is 3. The van der Waals surface area contributed by atoms with Gasteiger partial charge in [0.25, 0.3) is 0 Å². The van der Waals surface area contributed by atoms with Crippen LogP contribution in [0.5, 0.6) is 0 Å². The summed E-state index contributed by atoms with van der Waals surface area (Å²) >= 11 is -3.15. The molecule has 0 amide bonds. The molecule has 0 saturated carbocycles. The van der Waals surface area contributed by atoms with Crippen molar-refractivity contribution >= 4 is 63.3 Å². The van der Waals surface area contributed by atoms with Gasteiger partial charge in [-0.3, -0.25) is 0 Å². The second kappa shape index (κ2) is 6.29. The van der Waals surface area contributed by atoms with Crippen molar-refractivity contribution in [1.82, 2.24) is 4.98 Å². The summed E-state index contributed by atoms with van der Waals surface area (Å²) in [5.74, 6) is 0. The van der Waals surface area contributed by atoms with Gasteiger partial charge in [-0.2, -0.15) is 0 Å². The molecule has 0 unspecified atom stereocenters. The molecule has 0 atom stereocenters. The van der Waals surface area contributed by atoms with Crippen LogP contribution in [-0.4, -0.2) is 18.3 Å². The quantitative estimate of drug-likeness (QED) is 0.282. The van der Waals surface area contributed by atoms with Gasteiger partial charge in [0.05, 0.1) is 0 Å². The fraction of sp³-hybridized carbons (Fsp3) is 0. The van der Waals surface area contributed by atoms with Gasteiger partial charge in [0.15, 0.2) is 0 Å². The van der Waals surface area contributed by atoms with Crippen molar-refractivity contribution < 1.29 is 0 Å². The molecule has 2 heteroatoms. The van der Waals surface area contributed by atoms with Gasteiger partial charge in [-0.05, 0) is 0 Å². The van der Waals surface area contributed by atoms with E-state index in [0.717, 1.165) is 5.52 Å². The molecule has 1 nitrogen and oxygen atoms in total. The second-order valence-electron chi connectivity index (χ2n) is 8.34. The SMILES string of the molecule is c1cc[c]([Ge]2([c]3ccccc3)[c]3cccc4c5ccccc5c5ncc[c]2c5c34)cc1.